The molecule has 0 heterocycles. The smallest absolute Gasteiger partial charge is 0.105 e. The van der Waals surface area contributed by atoms with E-state index in [9.17, 15) is 5.11 Å². The van der Waals surface area contributed by atoms with Crippen LogP contribution in [0, 0.1) is 0 Å². The number of thioether (sulfide) groups is 1. The Balaban J connectivity index is 2.04. The molecule has 0 aromatic heterocycles. The molecule has 106 valence electrons. The number of hydrogen-bond acceptors (Lipinski definition) is 2. The van der Waals surface area contributed by atoms with Crippen LogP contribution in [0.4, 0.5) is 0 Å². The lowest BCUT2D eigenvalue weighted by Crippen LogP contribution is -2.01. The fourth-order valence-electron chi connectivity index (χ4n) is 2.43. The molecule has 0 saturated heterocycles. The van der Waals surface area contributed by atoms with Crippen LogP contribution in [-0.4, -0.2) is 11.4 Å². The third-order valence-electron chi connectivity index (χ3n) is 3.62. The van der Waals surface area contributed by atoms with E-state index in [1.54, 1.807) is 11.8 Å². The number of hydrogen-bond donors (Lipinski definition) is 1. The van der Waals surface area contributed by atoms with Crippen LogP contribution in [0.15, 0.2) is 70.0 Å². The Morgan fingerprint density at radius 2 is 1.67 bits per heavy atom. The van der Waals surface area contributed by atoms with Crippen molar-refractivity contribution in [3.8, 4) is 0 Å². The highest BCUT2D eigenvalue weighted by Gasteiger charge is 2.15. The molecule has 1 atom stereocenters. The number of aliphatic hydroxyl groups excluding tert-OH is 1. The van der Waals surface area contributed by atoms with Crippen LogP contribution in [0.1, 0.15) is 17.2 Å². The molecule has 3 rings (SSSR count). The van der Waals surface area contributed by atoms with E-state index in [1.165, 1.54) is 4.90 Å². The van der Waals surface area contributed by atoms with Crippen molar-refractivity contribution in [1.29, 1.82) is 0 Å². The molecule has 0 fully saturated rings. The third kappa shape index (κ3) is 2.86. The molecule has 3 aromatic carbocycles. The minimum atomic E-state index is -0.625. The normalized spacial score (nSPS) is 12.5. The van der Waals surface area contributed by atoms with Crippen molar-refractivity contribution in [3.63, 3.8) is 0 Å². The van der Waals surface area contributed by atoms with Crippen molar-refractivity contribution in [3.05, 3.63) is 76.3 Å². The van der Waals surface area contributed by atoms with Crippen molar-refractivity contribution in [2.45, 2.75) is 11.0 Å². The lowest BCUT2D eigenvalue weighted by molar-refractivity contribution is 0.219. The molecule has 3 heteroatoms. The van der Waals surface area contributed by atoms with E-state index in [0.717, 1.165) is 26.4 Å². The maximum absolute atomic E-state index is 10.7. The highest BCUT2D eigenvalue weighted by Crippen LogP contribution is 2.34. The number of aliphatic hydroxyl groups is 1. The van der Waals surface area contributed by atoms with Crippen LogP contribution in [0.25, 0.3) is 10.8 Å². The molecule has 0 saturated carbocycles. The maximum atomic E-state index is 10.7. The zero-order valence-corrected chi connectivity index (χ0v) is 14.0. The Bertz CT molecular complexity index is 768. The van der Waals surface area contributed by atoms with Gasteiger partial charge in [-0.2, -0.15) is 0 Å². The van der Waals surface area contributed by atoms with E-state index in [0.29, 0.717) is 0 Å². The summed E-state index contributed by atoms with van der Waals surface area (Å²) in [5, 5.41) is 12.9. The zero-order chi connectivity index (χ0) is 14.8. The van der Waals surface area contributed by atoms with Gasteiger partial charge < -0.3 is 5.11 Å². The molecule has 0 aliphatic carbocycles. The van der Waals surface area contributed by atoms with Crippen molar-refractivity contribution in [2.75, 3.05) is 6.26 Å². The summed E-state index contributed by atoms with van der Waals surface area (Å²) in [7, 11) is 0. The van der Waals surface area contributed by atoms with Crippen molar-refractivity contribution < 1.29 is 5.11 Å². The van der Waals surface area contributed by atoms with E-state index < -0.39 is 6.10 Å². The monoisotopic (exact) mass is 358 g/mol. The molecule has 1 nitrogen and oxygen atoms in total. The molecule has 3 aromatic rings. The van der Waals surface area contributed by atoms with Gasteiger partial charge in [-0.3, -0.25) is 0 Å². The minimum absolute atomic E-state index is 0.625. The second kappa shape index (κ2) is 6.22. The van der Waals surface area contributed by atoms with E-state index in [1.807, 2.05) is 48.7 Å². The minimum Gasteiger partial charge on any atom is -0.384 e. The summed E-state index contributed by atoms with van der Waals surface area (Å²) >= 11 is 5.34. The number of fused-ring (bicyclic) bond motifs is 1. The molecular weight excluding hydrogens is 344 g/mol. The van der Waals surface area contributed by atoms with Gasteiger partial charge in [-0.05, 0) is 56.2 Å². The molecule has 0 aliphatic rings. The second-order valence-electron chi connectivity index (χ2n) is 4.87. The van der Waals surface area contributed by atoms with Gasteiger partial charge in [0.25, 0.3) is 0 Å². The van der Waals surface area contributed by atoms with Crippen molar-refractivity contribution in [1.82, 2.24) is 0 Å². The first kappa shape index (κ1) is 14.6. The second-order valence-corrected chi connectivity index (χ2v) is 6.54. The van der Waals surface area contributed by atoms with Crippen LogP contribution in [-0.2, 0) is 0 Å². The van der Waals surface area contributed by atoms with Crippen molar-refractivity contribution >= 4 is 38.5 Å². The first-order valence-electron chi connectivity index (χ1n) is 6.70. The predicted octanol–water partition coefficient (Wildman–Crippen LogP) is 5.41. The largest absolute Gasteiger partial charge is 0.384 e. The van der Waals surface area contributed by atoms with Gasteiger partial charge in [-0.1, -0.05) is 48.5 Å². The third-order valence-corrected chi connectivity index (χ3v) is 5.25. The summed E-state index contributed by atoms with van der Waals surface area (Å²) in [4.78, 5) is 1.20. The molecule has 0 aliphatic heterocycles. The van der Waals surface area contributed by atoms with Crippen LogP contribution in [0.3, 0.4) is 0 Å². The van der Waals surface area contributed by atoms with E-state index in [4.69, 9.17) is 0 Å². The molecule has 21 heavy (non-hydrogen) atoms. The Morgan fingerprint density at radius 3 is 2.38 bits per heavy atom. The highest BCUT2D eigenvalue weighted by molar-refractivity contribution is 9.10. The Hall–Kier alpha value is -1.29. The fraction of sp³-hybridized carbons (Fsp3) is 0.111. The zero-order valence-electron chi connectivity index (χ0n) is 11.6. The lowest BCUT2D eigenvalue weighted by atomic mass is 9.98. The number of rotatable bonds is 3. The first-order valence-corrected chi connectivity index (χ1v) is 8.71. The first-order chi connectivity index (χ1) is 10.2. The van der Waals surface area contributed by atoms with Gasteiger partial charge in [0.15, 0.2) is 0 Å². The van der Waals surface area contributed by atoms with Gasteiger partial charge in [-0.25, -0.2) is 0 Å². The summed E-state index contributed by atoms with van der Waals surface area (Å²) in [5.74, 6) is 0. The predicted molar refractivity (Wildman–Crippen MR) is 93.9 cm³/mol. The summed E-state index contributed by atoms with van der Waals surface area (Å²) in [6.07, 6.45) is 1.42. The van der Waals surface area contributed by atoms with E-state index in [2.05, 4.69) is 34.1 Å². The molecule has 0 amide bonds. The molecule has 0 unspecified atom stereocenters. The van der Waals surface area contributed by atoms with Crippen LogP contribution < -0.4 is 0 Å². The van der Waals surface area contributed by atoms with Gasteiger partial charge in [0.2, 0.25) is 0 Å². The van der Waals surface area contributed by atoms with Gasteiger partial charge >= 0.3 is 0 Å². The molecule has 0 spiro atoms. The topological polar surface area (TPSA) is 20.2 Å². The summed E-state index contributed by atoms with van der Waals surface area (Å²) in [6.45, 7) is 0. The van der Waals surface area contributed by atoms with Crippen molar-refractivity contribution in [2.24, 2.45) is 0 Å². The summed E-state index contributed by atoms with van der Waals surface area (Å²) < 4.78 is 0.960. The molecular formula is C18H15BrOS. The maximum Gasteiger partial charge on any atom is 0.105 e. The molecule has 0 radical (unpaired) electrons. The average Bonchev–Trinajstić information content (AvgIpc) is 2.55. The molecule has 1 N–H and O–H groups in total. The van der Waals surface area contributed by atoms with Gasteiger partial charge in [0, 0.05) is 9.37 Å². The quantitative estimate of drug-likeness (QED) is 0.632. The average molecular weight is 359 g/mol. The number of halogens is 1. The Kier molecular flexibility index (Phi) is 4.34. The van der Waals surface area contributed by atoms with Crippen LogP contribution in [0.5, 0.6) is 0 Å². The summed E-state index contributed by atoms with van der Waals surface area (Å²) in [6, 6.07) is 20.2. The standard InChI is InChI=1S/C18H15BrOS/c1-21-14-9-6-13(7-10-14)18(20)16-11-8-12-4-2-3-5-15(12)17(16)19/h2-11,18,20H,1H3/t18-/m0/s1. The fourth-order valence-corrected chi connectivity index (χ4v) is 3.55. The van der Waals surface area contributed by atoms with Gasteiger partial charge in [-0.15, -0.1) is 11.8 Å². The Morgan fingerprint density at radius 1 is 0.952 bits per heavy atom. The number of benzene rings is 3. The van der Waals surface area contributed by atoms with Crippen LogP contribution >= 0.6 is 27.7 Å². The van der Waals surface area contributed by atoms with Crippen LogP contribution in [0.2, 0.25) is 0 Å². The highest BCUT2D eigenvalue weighted by atomic mass is 79.9. The summed E-state index contributed by atoms with van der Waals surface area (Å²) in [5.41, 5.74) is 1.80. The lowest BCUT2D eigenvalue weighted by Gasteiger charge is -2.15. The van der Waals surface area contributed by atoms with E-state index >= 15 is 0 Å². The van der Waals surface area contributed by atoms with Gasteiger partial charge in [0.1, 0.15) is 6.10 Å². The molecule has 0 bridgehead atoms. The van der Waals surface area contributed by atoms with E-state index in [-0.39, 0.29) is 0 Å². The Labute approximate surface area is 137 Å². The van der Waals surface area contributed by atoms with Gasteiger partial charge in [0.05, 0.1) is 0 Å². The SMILES string of the molecule is CSc1ccc([C@H](O)c2ccc3ccccc3c2Br)cc1.